The number of benzene rings is 2. The van der Waals surface area contributed by atoms with Crippen molar-refractivity contribution in [1.82, 2.24) is 0 Å². The molecule has 2 aromatic carbocycles. The van der Waals surface area contributed by atoms with Crippen molar-refractivity contribution in [1.29, 1.82) is 0 Å². The quantitative estimate of drug-likeness (QED) is 0.682. The molecule has 0 amide bonds. The summed E-state index contributed by atoms with van der Waals surface area (Å²) in [5, 5.41) is 0. The van der Waals surface area contributed by atoms with Crippen LogP contribution in [-0.4, -0.2) is 5.78 Å². The van der Waals surface area contributed by atoms with Crippen LogP contribution in [-0.2, 0) is 17.6 Å². The fourth-order valence-electron chi connectivity index (χ4n) is 1.92. The summed E-state index contributed by atoms with van der Waals surface area (Å²) in [6.45, 7) is 0. The van der Waals surface area contributed by atoms with Crippen molar-refractivity contribution >= 4 is 27.4 Å². The summed E-state index contributed by atoms with van der Waals surface area (Å²) in [6, 6.07) is 9.28. The third kappa shape index (κ3) is 3.42. The van der Waals surface area contributed by atoms with E-state index >= 15 is 0 Å². The van der Waals surface area contributed by atoms with Gasteiger partial charge in [0.15, 0.2) is 0 Å². The summed E-state index contributed by atoms with van der Waals surface area (Å²) in [5.74, 6) is -1.72. The van der Waals surface area contributed by atoms with Crippen molar-refractivity contribution in [3.8, 4) is 0 Å². The standard InChI is InChI=1S/C15H12BrF2NO/c16-13-4-5-14(17)12(15(13)18)8-11(20)7-9-2-1-3-10(19)6-9/h1-6H,7-8,19H2. The van der Waals surface area contributed by atoms with Crippen molar-refractivity contribution in [3.05, 3.63) is 63.6 Å². The van der Waals surface area contributed by atoms with Gasteiger partial charge in [0, 0.05) is 24.1 Å². The maximum Gasteiger partial charge on any atom is 0.143 e. The molecule has 20 heavy (non-hydrogen) atoms. The van der Waals surface area contributed by atoms with Crippen molar-refractivity contribution in [2.45, 2.75) is 12.8 Å². The van der Waals surface area contributed by atoms with E-state index in [2.05, 4.69) is 15.9 Å². The molecule has 0 bridgehead atoms. The molecule has 0 aliphatic carbocycles. The third-order valence-corrected chi connectivity index (χ3v) is 3.48. The summed E-state index contributed by atoms with van der Waals surface area (Å²) >= 11 is 2.98. The van der Waals surface area contributed by atoms with Gasteiger partial charge in [0.25, 0.3) is 0 Å². The molecule has 2 nitrogen and oxygen atoms in total. The minimum absolute atomic E-state index is 0.0937. The van der Waals surface area contributed by atoms with Crippen LogP contribution in [0.4, 0.5) is 14.5 Å². The Balaban J connectivity index is 2.15. The van der Waals surface area contributed by atoms with Gasteiger partial charge in [0.05, 0.1) is 4.47 Å². The highest BCUT2D eigenvalue weighted by Crippen LogP contribution is 2.22. The predicted molar refractivity (Wildman–Crippen MR) is 77.3 cm³/mol. The highest BCUT2D eigenvalue weighted by Gasteiger charge is 2.16. The zero-order valence-corrected chi connectivity index (χ0v) is 12.1. The number of ketones is 1. The largest absolute Gasteiger partial charge is 0.399 e. The van der Waals surface area contributed by atoms with Gasteiger partial charge in [-0.05, 0) is 45.8 Å². The van der Waals surface area contributed by atoms with Gasteiger partial charge in [0.2, 0.25) is 0 Å². The molecule has 0 atom stereocenters. The van der Waals surface area contributed by atoms with E-state index < -0.39 is 11.6 Å². The Kier molecular flexibility index (Phi) is 4.49. The van der Waals surface area contributed by atoms with Crippen LogP contribution in [0.5, 0.6) is 0 Å². The van der Waals surface area contributed by atoms with Crippen molar-refractivity contribution in [2.75, 3.05) is 5.73 Å². The fraction of sp³-hybridized carbons (Fsp3) is 0.133. The highest BCUT2D eigenvalue weighted by molar-refractivity contribution is 9.10. The Morgan fingerprint density at radius 3 is 2.60 bits per heavy atom. The monoisotopic (exact) mass is 339 g/mol. The van der Waals surface area contributed by atoms with Gasteiger partial charge in [0.1, 0.15) is 17.4 Å². The molecule has 0 aliphatic heterocycles. The van der Waals surface area contributed by atoms with E-state index in [0.29, 0.717) is 5.69 Å². The van der Waals surface area contributed by atoms with Gasteiger partial charge in [-0.15, -0.1) is 0 Å². The summed E-state index contributed by atoms with van der Waals surface area (Å²) in [6.07, 6.45) is -0.192. The van der Waals surface area contributed by atoms with E-state index in [1.54, 1.807) is 24.3 Å². The highest BCUT2D eigenvalue weighted by atomic mass is 79.9. The number of Topliss-reactive ketones (excluding diaryl/α,β-unsaturated/α-hetero) is 1. The summed E-state index contributed by atoms with van der Waals surface area (Å²) < 4.78 is 27.5. The number of carbonyl (C=O) groups excluding carboxylic acids is 1. The van der Waals surface area contributed by atoms with Crippen molar-refractivity contribution < 1.29 is 13.6 Å². The van der Waals surface area contributed by atoms with Gasteiger partial charge in [-0.2, -0.15) is 0 Å². The van der Waals surface area contributed by atoms with E-state index in [1.165, 1.54) is 6.07 Å². The summed E-state index contributed by atoms with van der Waals surface area (Å²) in [4.78, 5) is 11.9. The molecule has 2 rings (SSSR count). The zero-order valence-electron chi connectivity index (χ0n) is 10.5. The lowest BCUT2D eigenvalue weighted by Gasteiger charge is -2.06. The Morgan fingerprint density at radius 2 is 1.90 bits per heavy atom. The smallest absolute Gasteiger partial charge is 0.143 e. The number of carbonyl (C=O) groups is 1. The SMILES string of the molecule is Nc1cccc(CC(=O)Cc2c(F)ccc(Br)c2F)c1. The second kappa shape index (κ2) is 6.13. The molecule has 0 heterocycles. The minimum Gasteiger partial charge on any atom is -0.399 e. The molecular weight excluding hydrogens is 328 g/mol. The first-order chi connectivity index (χ1) is 9.47. The van der Waals surface area contributed by atoms with Crippen LogP contribution < -0.4 is 5.73 Å². The maximum atomic E-state index is 13.8. The van der Waals surface area contributed by atoms with E-state index in [-0.39, 0.29) is 28.7 Å². The normalized spacial score (nSPS) is 10.6. The second-order valence-corrected chi connectivity index (χ2v) is 5.31. The van der Waals surface area contributed by atoms with Crippen LogP contribution in [0.1, 0.15) is 11.1 Å². The Hall–Kier alpha value is -1.75. The van der Waals surface area contributed by atoms with Crippen LogP contribution in [0, 0.1) is 11.6 Å². The number of hydrogen-bond acceptors (Lipinski definition) is 2. The molecule has 2 N–H and O–H groups in total. The summed E-state index contributed by atoms with van der Waals surface area (Å²) in [5.41, 5.74) is 6.68. The van der Waals surface area contributed by atoms with E-state index in [1.807, 2.05) is 0 Å². The molecule has 0 aromatic heterocycles. The van der Waals surface area contributed by atoms with Crippen LogP contribution >= 0.6 is 15.9 Å². The van der Waals surface area contributed by atoms with Crippen molar-refractivity contribution in [2.24, 2.45) is 0 Å². The fourth-order valence-corrected chi connectivity index (χ4v) is 2.29. The average Bonchev–Trinajstić information content (AvgIpc) is 2.39. The van der Waals surface area contributed by atoms with Crippen LogP contribution in [0.15, 0.2) is 40.9 Å². The molecule has 5 heteroatoms. The van der Waals surface area contributed by atoms with E-state index in [9.17, 15) is 13.6 Å². The lowest BCUT2D eigenvalue weighted by molar-refractivity contribution is -0.117. The van der Waals surface area contributed by atoms with E-state index in [0.717, 1.165) is 11.6 Å². The van der Waals surface area contributed by atoms with Gasteiger partial charge in [-0.25, -0.2) is 8.78 Å². The first kappa shape index (κ1) is 14.7. The molecule has 0 fully saturated rings. The molecule has 0 unspecified atom stereocenters. The third-order valence-electron chi connectivity index (χ3n) is 2.87. The molecule has 0 spiro atoms. The molecular formula is C15H12BrF2NO. The number of anilines is 1. The molecule has 104 valence electrons. The van der Waals surface area contributed by atoms with Gasteiger partial charge < -0.3 is 5.73 Å². The topological polar surface area (TPSA) is 43.1 Å². The first-order valence-electron chi connectivity index (χ1n) is 5.96. The lowest BCUT2D eigenvalue weighted by Crippen LogP contribution is -2.10. The van der Waals surface area contributed by atoms with E-state index in [4.69, 9.17) is 5.73 Å². The van der Waals surface area contributed by atoms with Crippen LogP contribution in [0.3, 0.4) is 0 Å². The summed E-state index contributed by atoms with van der Waals surface area (Å²) in [7, 11) is 0. The number of hydrogen-bond donors (Lipinski definition) is 1. The molecule has 0 radical (unpaired) electrons. The Labute approximate surface area is 123 Å². The van der Waals surface area contributed by atoms with Gasteiger partial charge in [-0.1, -0.05) is 12.1 Å². The predicted octanol–water partition coefficient (Wildman–Crippen LogP) is 3.66. The van der Waals surface area contributed by atoms with Gasteiger partial charge in [-0.3, -0.25) is 4.79 Å². The molecule has 0 saturated carbocycles. The van der Waals surface area contributed by atoms with Crippen LogP contribution in [0.25, 0.3) is 0 Å². The van der Waals surface area contributed by atoms with Crippen LogP contribution in [0.2, 0.25) is 0 Å². The molecule has 0 aliphatic rings. The second-order valence-electron chi connectivity index (χ2n) is 4.46. The number of rotatable bonds is 4. The number of halogens is 3. The number of nitrogens with two attached hydrogens (primary N) is 1. The Morgan fingerprint density at radius 1 is 1.15 bits per heavy atom. The number of nitrogen functional groups attached to an aromatic ring is 1. The Bertz CT molecular complexity index is 658. The minimum atomic E-state index is -0.731. The van der Waals surface area contributed by atoms with Gasteiger partial charge >= 0.3 is 0 Å². The first-order valence-corrected chi connectivity index (χ1v) is 6.75. The lowest BCUT2D eigenvalue weighted by atomic mass is 10.0. The average molecular weight is 340 g/mol. The zero-order chi connectivity index (χ0) is 14.7. The molecule has 0 saturated heterocycles. The van der Waals surface area contributed by atoms with Crippen molar-refractivity contribution in [3.63, 3.8) is 0 Å². The maximum absolute atomic E-state index is 13.8. The molecule has 2 aromatic rings.